The Kier molecular flexibility index (Phi) is 3.64. The second kappa shape index (κ2) is 5.45. The van der Waals surface area contributed by atoms with Crippen LogP contribution in [-0.4, -0.2) is 10.2 Å². The van der Waals surface area contributed by atoms with E-state index in [2.05, 4.69) is 13.0 Å². The van der Waals surface area contributed by atoms with E-state index in [-0.39, 0.29) is 17.4 Å². The summed E-state index contributed by atoms with van der Waals surface area (Å²) in [5.41, 5.74) is 4.58. The summed E-state index contributed by atoms with van der Waals surface area (Å²) < 4.78 is 0. The van der Waals surface area contributed by atoms with Crippen molar-refractivity contribution in [2.75, 3.05) is 0 Å². The van der Waals surface area contributed by atoms with Gasteiger partial charge in [0.1, 0.15) is 11.5 Å². The fourth-order valence-electron chi connectivity index (χ4n) is 3.02. The second-order valence-electron chi connectivity index (χ2n) is 5.50. The Labute approximate surface area is 129 Å². The van der Waals surface area contributed by atoms with Gasteiger partial charge in [-0.2, -0.15) is 0 Å². The Morgan fingerprint density at radius 3 is 2.67 bits per heavy atom. The van der Waals surface area contributed by atoms with E-state index >= 15 is 0 Å². The number of rotatable bonds is 1. The van der Waals surface area contributed by atoms with Gasteiger partial charge in [-0.1, -0.05) is 29.8 Å². The molecule has 3 heteroatoms. The molecule has 1 aliphatic carbocycles. The summed E-state index contributed by atoms with van der Waals surface area (Å²) in [4.78, 5) is 0. The third kappa shape index (κ3) is 2.64. The molecule has 0 spiro atoms. The fourth-order valence-corrected chi connectivity index (χ4v) is 3.20. The molecule has 1 aliphatic rings. The van der Waals surface area contributed by atoms with E-state index in [1.807, 2.05) is 24.3 Å². The number of fused-ring (bicyclic) bond motifs is 1. The zero-order chi connectivity index (χ0) is 15.0. The highest BCUT2D eigenvalue weighted by molar-refractivity contribution is 6.32. The number of halogens is 1. The van der Waals surface area contributed by atoms with Crippen molar-refractivity contribution in [3.05, 3.63) is 64.2 Å². The van der Waals surface area contributed by atoms with Crippen LogP contribution in [0.5, 0.6) is 11.5 Å². The van der Waals surface area contributed by atoms with Gasteiger partial charge in [-0.3, -0.25) is 0 Å². The number of allylic oxidation sites excluding steroid dienone is 2. The monoisotopic (exact) mass is 300 g/mol. The molecule has 0 saturated carbocycles. The minimum absolute atomic E-state index is 0.0967. The summed E-state index contributed by atoms with van der Waals surface area (Å²) >= 11 is 6.05. The Bertz CT molecular complexity index is 719. The SMILES string of the molecule is CC1=CCCC(c2ccc(O)c(Cl)c2)c2cc(O)ccc21. The van der Waals surface area contributed by atoms with Gasteiger partial charge >= 0.3 is 0 Å². The predicted octanol–water partition coefficient (Wildman–Crippen LogP) is 5.08. The highest BCUT2D eigenvalue weighted by atomic mass is 35.5. The van der Waals surface area contributed by atoms with Gasteiger partial charge in [0.2, 0.25) is 0 Å². The maximum Gasteiger partial charge on any atom is 0.134 e. The Hall–Kier alpha value is -1.93. The minimum Gasteiger partial charge on any atom is -0.508 e. The highest BCUT2D eigenvalue weighted by Crippen LogP contribution is 2.40. The predicted molar refractivity (Wildman–Crippen MR) is 86.0 cm³/mol. The third-order valence-electron chi connectivity index (χ3n) is 4.12. The van der Waals surface area contributed by atoms with Crippen LogP contribution in [0.1, 0.15) is 42.4 Å². The molecule has 1 unspecified atom stereocenters. The molecule has 108 valence electrons. The molecular weight excluding hydrogens is 284 g/mol. The van der Waals surface area contributed by atoms with Crippen LogP contribution in [0.2, 0.25) is 5.02 Å². The summed E-state index contributed by atoms with van der Waals surface area (Å²) in [6.45, 7) is 2.10. The third-order valence-corrected chi connectivity index (χ3v) is 4.42. The molecule has 0 fully saturated rings. The lowest BCUT2D eigenvalue weighted by molar-refractivity contribution is 0.473. The molecule has 0 aliphatic heterocycles. The Morgan fingerprint density at radius 1 is 1.10 bits per heavy atom. The summed E-state index contributed by atoms with van der Waals surface area (Å²) in [5, 5.41) is 19.8. The van der Waals surface area contributed by atoms with Gasteiger partial charge < -0.3 is 10.2 Å². The van der Waals surface area contributed by atoms with E-state index in [4.69, 9.17) is 11.6 Å². The number of phenolic OH excluding ortho intramolecular Hbond substituents is 2. The van der Waals surface area contributed by atoms with Crippen LogP contribution in [0.25, 0.3) is 5.57 Å². The molecule has 2 aromatic carbocycles. The topological polar surface area (TPSA) is 40.5 Å². The van der Waals surface area contributed by atoms with Crippen LogP contribution in [-0.2, 0) is 0 Å². The van der Waals surface area contributed by atoms with Gasteiger partial charge in [0.25, 0.3) is 0 Å². The first-order valence-electron chi connectivity index (χ1n) is 7.04. The van der Waals surface area contributed by atoms with E-state index in [0.29, 0.717) is 5.02 Å². The lowest BCUT2D eigenvalue weighted by Crippen LogP contribution is -2.02. The number of benzene rings is 2. The van der Waals surface area contributed by atoms with Gasteiger partial charge in [-0.05, 0) is 66.3 Å². The highest BCUT2D eigenvalue weighted by Gasteiger charge is 2.21. The summed E-state index contributed by atoms with van der Waals surface area (Å²) in [7, 11) is 0. The molecule has 21 heavy (non-hydrogen) atoms. The van der Waals surface area contributed by atoms with E-state index in [1.54, 1.807) is 12.1 Å². The molecule has 0 amide bonds. The molecule has 2 N–H and O–H groups in total. The van der Waals surface area contributed by atoms with Crippen LogP contribution in [0.4, 0.5) is 0 Å². The molecule has 1 atom stereocenters. The van der Waals surface area contributed by atoms with Crippen molar-refractivity contribution >= 4 is 17.2 Å². The van der Waals surface area contributed by atoms with Crippen LogP contribution >= 0.6 is 11.6 Å². The molecule has 2 nitrogen and oxygen atoms in total. The molecule has 0 heterocycles. The van der Waals surface area contributed by atoms with Crippen molar-refractivity contribution in [3.8, 4) is 11.5 Å². The van der Waals surface area contributed by atoms with Gasteiger partial charge in [0.15, 0.2) is 0 Å². The lowest BCUT2D eigenvalue weighted by Gasteiger charge is -2.19. The number of phenols is 2. The van der Waals surface area contributed by atoms with Crippen LogP contribution < -0.4 is 0 Å². The zero-order valence-corrected chi connectivity index (χ0v) is 12.6. The van der Waals surface area contributed by atoms with Crippen LogP contribution in [0.3, 0.4) is 0 Å². The van der Waals surface area contributed by atoms with Crippen LogP contribution in [0, 0.1) is 0 Å². The molecule has 3 rings (SSSR count). The first-order valence-corrected chi connectivity index (χ1v) is 7.42. The Morgan fingerprint density at radius 2 is 1.90 bits per heavy atom. The van der Waals surface area contributed by atoms with Crippen molar-refractivity contribution in [1.29, 1.82) is 0 Å². The van der Waals surface area contributed by atoms with Crippen LogP contribution in [0.15, 0.2) is 42.5 Å². The van der Waals surface area contributed by atoms with Crippen molar-refractivity contribution in [2.45, 2.75) is 25.7 Å². The largest absolute Gasteiger partial charge is 0.508 e. The molecular formula is C18H17ClO2. The van der Waals surface area contributed by atoms with Crippen molar-refractivity contribution in [1.82, 2.24) is 0 Å². The zero-order valence-electron chi connectivity index (χ0n) is 11.8. The van der Waals surface area contributed by atoms with Crippen molar-refractivity contribution in [3.63, 3.8) is 0 Å². The summed E-state index contributed by atoms with van der Waals surface area (Å²) in [6, 6.07) is 10.9. The van der Waals surface area contributed by atoms with Crippen molar-refractivity contribution in [2.24, 2.45) is 0 Å². The maximum atomic E-state index is 9.84. The first-order chi connectivity index (χ1) is 10.1. The number of hydrogen-bond donors (Lipinski definition) is 2. The van der Waals surface area contributed by atoms with Gasteiger partial charge in [-0.25, -0.2) is 0 Å². The average Bonchev–Trinajstić information content (AvgIpc) is 2.61. The summed E-state index contributed by atoms with van der Waals surface area (Å²) in [6.07, 6.45) is 4.16. The molecule has 0 saturated heterocycles. The molecule has 2 aromatic rings. The van der Waals surface area contributed by atoms with E-state index in [0.717, 1.165) is 24.0 Å². The van der Waals surface area contributed by atoms with E-state index in [1.165, 1.54) is 11.1 Å². The number of aromatic hydroxyl groups is 2. The van der Waals surface area contributed by atoms with E-state index < -0.39 is 0 Å². The normalized spacial score (nSPS) is 17.8. The second-order valence-corrected chi connectivity index (χ2v) is 5.91. The molecule has 0 radical (unpaired) electrons. The molecule has 0 bridgehead atoms. The first kappa shape index (κ1) is 14.0. The minimum atomic E-state index is 0.0967. The van der Waals surface area contributed by atoms with Gasteiger partial charge in [0.05, 0.1) is 5.02 Å². The average molecular weight is 301 g/mol. The number of hydrogen-bond acceptors (Lipinski definition) is 2. The standard InChI is InChI=1S/C18H17ClO2/c1-11-3-2-4-15(12-5-8-18(21)17(19)9-12)16-10-13(20)6-7-14(11)16/h3,5-10,15,20-21H,2,4H2,1H3. The molecule has 0 aromatic heterocycles. The quantitative estimate of drug-likeness (QED) is 0.771. The van der Waals surface area contributed by atoms with Crippen molar-refractivity contribution < 1.29 is 10.2 Å². The maximum absolute atomic E-state index is 9.84. The van der Waals surface area contributed by atoms with Gasteiger partial charge in [0, 0.05) is 5.92 Å². The Balaban J connectivity index is 2.14. The van der Waals surface area contributed by atoms with Gasteiger partial charge in [-0.15, -0.1) is 0 Å². The lowest BCUT2D eigenvalue weighted by atomic mass is 9.85. The fraction of sp³-hybridized carbons (Fsp3) is 0.222. The summed E-state index contributed by atoms with van der Waals surface area (Å²) in [5.74, 6) is 0.539. The smallest absolute Gasteiger partial charge is 0.134 e. The van der Waals surface area contributed by atoms with E-state index in [9.17, 15) is 10.2 Å².